The number of benzene rings is 2. The van der Waals surface area contributed by atoms with E-state index in [-0.39, 0.29) is 5.82 Å². The third-order valence-corrected chi connectivity index (χ3v) is 3.68. The lowest BCUT2D eigenvalue weighted by molar-refractivity contribution is 0.220. The highest BCUT2D eigenvalue weighted by molar-refractivity contribution is 5.79. The van der Waals surface area contributed by atoms with Gasteiger partial charge in [-0.25, -0.2) is 4.39 Å². The first-order valence-corrected chi connectivity index (χ1v) is 6.86. The summed E-state index contributed by atoms with van der Waals surface area (Å²) in [7, 11) is 0. The number of pyridine rings is 1. The average Bonchev–Trinajstić information content (AvgIpc) is 2.49. The summed E-state index contributed by atoms with van der Waals surface area (Å²) in [5, 5.41) is 11.4. The van der Waals surface area contributed by atoms with E-state index >= 15 is 0 Å². The van der Waals surface area contributed by atoms with Crippen LogP contribution in [-0.2, 0) is 0 Å². The van der Waals surface area contributed by atoms with Crippen molar-refractivity contribution in [2.45, 2.75) is 20.0 Å². The van der Waals surface area contributed by atoms with Crippen LogP contribution < -0.4 is 0 Å². The monoisotopic (exact) mass is 281 g/mol. The van der Waals surface area contributed by atoms with Gasteiger partial charge in [0, 0.05) is 11.1 Å². The predicted octanol–water partition coefficient (Wildman–Crippen LogP) is 4.07. The molecule has 21 heavy (non-hydrogen) atoms. The summed E-state index contributed by atoms with van der Waals surface area (Å²) in [6.07, 6.45) is -0.842. The molecule has 3 heteroatoms. The third kappa shape index (κ3) is 2.65. The smallest absolute Gasteiger partial charge is 0.126 e. The molecule has 1 aromatic heterocycles. The summed E-state index contributed by atoms with van der Waals surface area (Å²) in [4.78, 5) is 4.43. The van der Waals surface area contributed by atoms with Crippen LogP contribution in [0.25, 0.3) is 10.9 Å². The Labute approximate surface area is 122 Å². The maximum Gasteiger partial charge on any atom is 0.126 e. The maximum atomic E-state index is 13.6. The first-order chi connectivity index (χ1) is 10.0. The van der Waals surface area contributed by atoms with Crippen molar-refractivity contribution in [2.75, 3.05) is 0 Å². The molecule has 0 fully saturated rings. The number of nitrogens with zero attached hydrogens (tertiary/aromatic N) is 1. The fraction of sp³-hybridized carbons (Fsp3) is 0.167. The van der Waals surface area contributed by atoms with Crippen molar-refractivity contribution in [3.63, 3.8) is 0 Å². The number of fused-ring (bicyclic) bond motifs is 1. The first kappa shape index (κ1) is 13.7. The molecule has 0 saturated carbocycles. The Morgan fingerprint density at radius 2 is 1.67 bits per heavy atom. The van der Waals surface area contributed by atoms with E-state index in [1.54, 1.807) is 19.1 Å². The van der Waals surface area contributed by atoms with Crippen LogP contribution in [0.15, 0.2) is 48.5 Å². The second-order valence-corrected chi connectivity index (χ2v) is 5.32. The van der Waals surface area contributed by atoms with Gasteiger partial charge in [0.05, 0.1) is 5.52 Å². The Kier molecular flexibility index (Phi) is 3.43. The van der Waals surface area contributed by atoms with Gasteiger partial charge in [-0.15, -0.1) is 0 Å². The van der Waals surface area contributed by atoms with Gasteiger partial charge in [-0.05, 0) is 54.8 Å². The quantitative estimate of drug-likeness (QED) is 0.768. The van der Waals surface area contributed by atoms with Crippen LogP contribution in [0.2, 0.25) is 0 Å². The first-order valence-electron chi connectivity index (χ1n) is 6.86. The van der Waals surface area contributed by atoms with Crippen molar-refractivity contribution in [2.24, 2.45) is 0 Å². The Balaban J connectivity index is 2.02. The fourth-order valence-electron chi connectivity index (χ4n) is 2.39. The highest BCUT2D eigenvalue weighted by atomic mass is 19.1. The molecule has 0 saturated heterocycles. The number of aromatic nitrogens is 1. The molecule has 0 amide bonds. The highest BCUT2D eigenvalue weighted by Crippen LogP contribution is 2.26. The highest BCUT2D eigenvalue weighted by Gasteiger charge is 2.12. The van der Waals surface area contributed by atoms with Crippen LogP contribution in [-0.4, -0.2) is 10.1 Å². The van der Waals surface area contributed by atoms with Gasteiger partial charge in [-0.2, -0.15) is 0 Å². The lowest BCUT2D eigenvalue weighted by Gasteiger charge is -2.13. The fourth-order valence-corrected chi connectivity index (χ4v) is 2.39. The largest absolute Gasteiger partial charge is 0.384 e. The van der Waals surface area contributed by atoms with Crippen LogP contribution in [0.1, 0.15) is 28.5 Å². The maximum absolute atomic E-state index is 13.6. The topological polar surface area (TPSA) is 33.1 Å². The van der Waals surface area contributed by atoms with Crippen LogP contribution >= 0.6 is 0 Å². The zero-order chi connectivity index (χ0) is 15.0. The van der Waals surface area contributed by atoms with Crippen LogP contribution in [0.3, 0.4) is 0 Å². The summed E-state index contributed by atoms with van der Waals surface area (Å²) >= 11 is 0. The molecule has 1 atom stereocenters. The van der Waals surface area contributed by atoms with Crippen molar-refractivity contribution in [1.29, 1.82) is 0 Å². The van der Waals surface area contributed by atoms with Crippen molar-refractivity contribution >= 4 is 10.9 Å². The molecule has 0 aliphatic carbocycles. The summed E-state index contributed by atoms with van der Waals surface area (Å²) in [6.45, 7) is 3.65. The normalized spacial score (nSPS) is 12.6. The van der Waals surface area contributed by atoms with Gasteiger partial charge in [0.25, 0.3) is 0 Å². The SMILES string of the molecule is Cc1ccc2cc(C(O)c3ccc(C)c(F)c3)ccc2n1. The van der Waals surface area contributed by atoms with Gasteiger partial charge < -0.3 is 5.11 Å². The number of hydrogen-bond acceptors (Lipinski definition) is 2. The molecular formula is C18H16FNO. The average molecular weight is 281 g/mol. The van der Waals surface area contributed by atoms with Crippen LogP contribution in [0.4, 0.5) is 4.39 Å². The van der Waals surface area contributed by atoms with Gasteiger partial charge in [0.2, 0.25) is 0 Å². The summed E-state index contributed by atoms with van der Waals surface area (Å²) in [5.74, 6) is -0.301. The predicted molar refractivity (Wildman–Crippen MR) is 81.7 cm³/mol. The van der Waals surface area contributed by atoms with E-state index < -0.39 is 6.10 Å². The van der Waals surface area contributed by atoms with Gasteiger partial charge in [0.15, 0.2) is 0 Å². The molecule has 2 aromatic carbocycles. The molecule has 0 bridgehead atoms. The molecule has 1 N–H and O–H groups in total. The Morgan fingerprint density at radius 1 is 0.952 bits per heavy atom. The Hall–Kier alpha value is -2.26. The molecular weight excluding hydrogens is 265 g/mol. The van der Waals surface area contributed by atoms with Crippen molar-refractivity contribution < 1.29 is 9.50 Å². The summed E-state index contributed by atoms with van der Waals surface area (Å²) in [6, 6.07) is 14.3. The van der Waals surface area contributed by atoms with Gasteiger partial charge >= 0.3 is 0 Å². The molecule has 2 nitrogen and oxygen atoms in total. The molecule has 106 valence electrons. The van der Waals surface area contributed by atoms with Crippen molar-refractivity contribution in [3.05, 3.63) is 76.7 Å². The van der Waals surface area contributed by atoms with E-state index in [9.17, 15) is 9.50 Å². The number of rotatable bonds is 2. The Morgan fingerprint density at radius 3 is 2.43 bits per heavy atom. The number of hydrogen-bond donors (Lipinski definition) is 1. The Bertz CT molecular complexity index is 813. The molecule has 0 radical (unpaired) electrons. The molecule has 3 aromatic rings. The lowest BCUT2D eigenvalue weighted by Crippen LogP contribution is -2.01. The van der Waals surface area contributed by atoms with E-state index in [4.69, 9.17) is 0 Å². The standard InChI is InChI=1S/C18H16FNO/c1-11-3-5-15(10-16(11)19)18(21)14-7-8-17-13(9-14)6-4-12(2)20-17/h3-10,18,21H,1-2H3. The van der Waals surface area contributed by atoms with Gasteiger partial charge in [-0.3, -0.25) is 4.98 Å². The van der Waals surface area contributed by atoms with Crippen LogP contribution in [0.5, 0.6) is 0 Å². The van der Waals surface area contributed by atoms with E-state index in [0.29, 0.717) is 11.1 Å². The van der Waals surface area contributed by atoms with Gasteiger partial charge in [-0.1, -0.05) is 24.3 Å². The summed E-state index contributed by atoms with van der Waals surface area (Å²) in [5.41, 5.74) is 3.70. The van der Waals surface area contributed by atoms with E-state index in [0.717, 1.165) is 22.2 Å². The number of aryl methyl sites for hydroxylation is 2. The van der Waals surface area contributed by atoms with Crippen molar-refractivity contribution in [3.8, 4) is 0 Å². The third-order valence-electron chi connectivity index (χ3n) is 3.68. The van der Waals surface area contributed by atoms with Crippen LogP contribution in [0, 0.1) is 19.7 Å². The second kappa shape index (κ2) is 5.26. The van der Waals surface area contributed by atoms with E-state index in [2.05, 4.69) is 4.98 Å². The summed E-state index contributed by atoms with van der Waals surface area (Å²) < 4.78 is 13.6. The zero-order valence-corrected chi connectivity index (χ0v) is 12.0. The molecule has 1 unspecified atom stereocenters. The molecule has 0 aliphatic heterocycles. The minimum absolute atomic E-state index is 0.301. The van der Waals surface area contributed by atoms with E-state index in [1.807, 2.05) is 37.3 Å². The van der Waals surface area contributed by atoms with Gasteiger partial charge in [0.1, 0.15) is 11.9 Å². The van der Waals surface area contributed by atoms with Crippen molar-refractivity contribution in [1.82, 2.24) is 4.98 Å². The number of halogens is 1. The number of aliphatic hydroxyl groups is 1. The lowest BCUT2D eigenvalue weighted by atomic mass is 9.99. The minimum atomic E-state index is -0.842. The molecule has 3 rings (SSSR count). The number of aliphatic hydroxyl groups excluding tert-OH is 1. The molecule has 0 spiro atoms. The molecule has 1 heterocycles. The minimum Gasteiger partial charge on any atom is -0.384 e. The zero-order valence-electron chi connectivity index (χ0n) is 12.0. The molecule has 0 aliphatic rings. The second-order valence-electron chi connectivity index (χ2n) is 5.32. The van der Waals surface area contributed by atoms with E-state index in [1.165, 1.54) is 6.07 Å².